The van der Waals surface area contributed by atoms with Gasteiger partial charge in [-0.15, -0.1) is 0 Å². The highest BCUT2D eigenvalue weighted by atomic mass is 35.5. The van der Waals surface area contributed by atoms with E-state index < -0.39 is 6.10 Å². The van der Waals surface area contributed by atoms with Crippen molar-refractivity contribution in [3.05, 3.63) is 58.6 Å². The normalized spacial score (nSPS) is 11.7. The quantitative estimate of drug-likeness (QED) is 0.653. The van der Waals surface area contributed by atoms with Gasteiger partial charge in [-0.1, -0.05) is 36.7 Å². The second-order valence-electron chi connectivity index (χ2n) is 6.13. The molecular formula is C21H26ClNO3. The molecule has 0 aromatic heterocycles. The molecule has 0 heterocycles. The maximum Gasteiger partial charge on any atom is 0.261 e. The van der Waals surface area contributed by atoms with Crippen molar-refractivity contribution in [2.75, 3.05) is 13.7 Å². The number of para-hydroxylation sites is 1. The zero-order chi connectivity index (χ0) is 18.9. The van der Waals surface area contributed by atoms with Gasteiger partial charge < -0.3 is 14.8 Å². The van der Waals surface area contributed by atoms with E-state index in [0.717, 1.165) is 29.7 Å². The van der Waals surface area contributed by atoms with E-state index in [1.165, 1.54) is 0 Å². The molecule has 0 saturated heterocycles. The van der Waals surface area contributed by atoms with Crippen LogP contribution in [0.2, 0.25) is 5.02 Å². The van der Waals surface area contributed by atoms with Crippen LogP contribution in [0, 0.1) is 6.92 Å². The summed E-state index contributed by atoms with van der Waals surface area (Å²) in [7, 11) is 1.67. The number of ether oxygens (including phenoxy) is 2. The molecule has 0 spiro atoms. The average Bonchev–Trinajstić information content (AvgIpc) is 2.66. The highest BCUT2D eigenvalue weighted by Gasteiger charge is 2.18. The molecule has 0 aliphatic carbocycles. The Morgan fingerprint density at radius 1 is 1.23 bits per heavy atom. The van der Waals surface area contributed by atoms with E-state index >= 15 is 0 Å². The van der Waals surface area contributed by atoms with Crippen LogP contribution < -0.4 is 14.8 Å². The molecule has 0 aliphatic heterocycles. The lowest BCUT2D eigenvalue weighted by molar-refractivity contribution is -0.128. The predicted molar refractivity (Wildman–Crippen MR) is 105 cm³/mol. The van der Waals surface area contributed by atoms with Crippen molar-refractivity contribution in [1.29, 1.82) is 0 Å². The van der Waals surface area contributed by atoms with Gasteiger partial charge in [0.05, 0.1) is 7.11 Å². The summed E-state index contributed by atoms with van der Waals surface area (Å²) in [6, 6.07) is 13.3. The van der Waals surface area contributed by atoms with E-state index in [1.54, 1.807) is 19.2 Å². The molecule has 1 N–H and O–H groups in total. The number of halogens is 1. The van der Waals surface area contributed by atoms with Gasteiger partial charge in [-0.25, -0.2) is 0 Å². The first-order chi connectivity index (χ1) is 12.5. The lowest BCUT2D eigenvalue weighted by Crippen LogP contribution is -2.38. The fourth-order valence-electron chi connectivity index (χ4n) is 2.69. The fourth-order valence-corrected chi connectivity index (χ4v) is 2.81. The number of hydrogen-bond acceptors (Lipinski definition) is 3. The smallest absolute Gasteiger partial charge is 0.261 e. The van der Waals surface area contributed by atoms with Gasteiger partial charge in [0.2, 0.25) is 0 Å². The summed E-state index contributed by atoms with van der Waals surface area (Å²) in [5.74, 6) is 1.44. The van der Waals surface area contributed by atoms with Crippen LogP contribution in [0.4, 0.5) is 0 Å². The third-order valence-corrected chi connectivity index (χ3v) is 4.61. The molecule has 140 valence electrons. The van der Waals surface area contributed by atoms with Gasteiger partial charge in [-0.3, -0.25) is 4.79 Å². The third-order valence-electron chi connectivity index (χ3n) is 4.19. The second kappa shape index (κ2) is 10.1. The molecule has 0 saturated carbocycles. The summed E-state index contributed by atoms with van der Waals surface area (Å²) in [6.45, 7) is 4.44. The molecule has 1 unspecified atom stereocenters. The van der Waals surface area contributed by atoms with Crippen LogP contribution in [0.5, 0.6) is 11.5 Å². The van der Waals surface area contributed by atoms with Gasteiger partial charge >= 0.3 is 0 Å². The topological polar surface area (TPSA) is 47.6 Å². The molecule has 4 nitrogen and oxygen atoms in total. The van der Waals surface area contributed by atoms with Crippen LogP contribution in [0.3, 0.4) is 0 Å². The summed E-state index contributed by atoms with van der Waals surface area (Å²) in [6.07, 6.45) is 1.77. The molecular weight excluding hydrogens is 350 g/mol. The van der Waals surface area contributed by atoms with E-state index in [4.69, 9.17) is 21.1 Å². The number of carbonyl (C=O) groups is 1. The Kier molecular flexibility index (Phi) is 7.79. The molecule has 2 rings (SSSR count). The molecule has 0 bridgehead atoms. The summed E-state index contributed by atoms with van der Waals surface area (Å²) in [4.78, 5) is 12.4. The first-order valence-electron chi connectivity index (χ1n) is 8.87. The van der Waals surface area contributed by atoms with E-state index in [-0.39, 0.29) is 5.91 Å². The summed E-state index contributed by atoms with van der Waals surface area (Å²) in [5.41, 5.74) is 2.07. The van der Waals surface area contributed by atoms with Crippen molar-refractivity contribution in [2.45, 2.75) is 39.2 Å². The molecule has 1 atom stereocenters. The Labute approximate surface area is 160 Å². The van der Waals surface area contributed by atoms with Crippen LogP contribution >= 0.6 is 11.6 Å². The first kappa shape index (κ1) is 20.1. The molecule has 0 radical (unpaired) electrons. The summed E-state index contributed by atoms with van der Waals surface area (Å²) in [5, 5.41) is 3.64. The zero-order valence-corrected chi connectivity index (χ0v) is 16.3. The SMILES string of the molecule is CCC(Oc1ccc(Cl)c(C)c1)C(=O)NCCCc1ccccc1OC. The maximum atomic E-state index is 12.4. The average molecular weight is 376 g/mol. The Hall–Kier alpha value is -2.20. The van der Waals surface area contributed by atoms with Crippen molar-refractivity contribution in [1.82, 2.24) is 5.32 Å². The lowest BCUT2D eigenvalue weighted by atomic mass is 10.1. The van der Waals surface area contributed by atoms with Crippen molar-refractivity contribution in [3.8, 4) is 11.5 Å². The molecule has 1 amide bonds. The molecule has 2 aromatic rings. The highest BCUT2D eigenvalue weighted by Crippen LogP contribution is 2.22. The van der Waals surface area contributed by atoms with Gasteiger partial charge in [0.1, 0.15) is 11.5 Å². The summed E-state index contributed by atoms with van der Waals surface area (Å²) >= 11 is 6.03. The molecule has 5 heteroatoms. The van der Waals surface area contributed by atoms with Crippen molar-refractivity contribution in [3.63, 3.8) is 0 Å². The van der Waals surface area contributed by atoms with Gasteiger partial charge in [-0.2, -0.15) is 0 Å². The van der Waals surface area contributed by atoms with Crippen molar-refractivity contribution in [2.24, 2.45) is 0 Å². The van der Waals surface area contributed by atoms with E-state index in [0.29, 0.717) is 23.7 Å². The Morgan fingerprint density at radius 3 is 2.69 bits per heavy atom. The van der Waals surface area contributed by atoms with Crippen molar-refractivity contribution < 1.29 is 14.3 Å². The Balaban J connectivity index is 1.82. The standard InChI is InChI=1S/C21H26ClNO3/c1-4-19(26-17-11-12-18(22)15(2)14-17)21(24)23-13-7-9-16-8-5-6-10-20(16)25-3/h5-6,8,10-12,14,19H,4,7,9,13H2,1-3H3,(H,23,24). The van der Waals surface area contributed by atoms with Crippen LogP contribution in [-0.4, -0.2) is 25.7 Å². The number of nitrogens with one attached hydrogen (secondary N) is 1. The van der Waals surface area contributed by atoms with E-state index in [9.17, 15) is 4.79 Å². The molecule has 26 heavy (non-hydrogen) atoms. The third kappa shape index (κ3) is 5.67. The zero-order valence-electron chi connectivity index (χ0n) is 15.5. The minimum Gasteiger partial charge on any atom is -0.496 e. The van der Waals surface area contributed by atoms with Crippen LogP contribution in [0.25, 0.3) is 0 Å². The monoisotopic (exact) mass is 375 g/mol. The molecule has 2 aromatic carbocycles. The number of benzene rings is 2. The fraction of sp³-hybridized carbons (Fsp3) is 0.381. The highest BCUT2D eigenvalue weighted by molar-refractivity contribution is 6.31. The Morgan fingerprint density at radius 2 is 2.00 bits per heavy atom. The van der Waals surface area contributed by atoms with Gasteiger partial charge in [0.25, 0.3) is 5.91 Å². The van der Waals surface area contributed by atoms with Gasteiger partial charge in [0, 0.05) is 11.6 Å². The predicted octanol–water partition coefficient (Wildman–Crippen LogP) is 4.56. The van der Waals surface area contributed by atoms with E-state index in [2.05, 4.69) is 5.32 Å². The number of carbonyl (C=O) groups excluding carboxylic acids is 1. The van der Waals surface area contributed by atoms with Crippen molar-refractivity contribution >= 4 is 17.5 Å². The number of aryl methyl sites for hydroxylation is 2. The summed E-state index contributed by atoms with van der Waals surface area (Å²) < 4.78 is 11.2. The van der Waals surface area contributed by atoms with Gasteiger partial charge in [-0.05, 0) is 61.6 Å². The molecule has 0 fully saturated rings. The lowest BCUT2D eigenvalue weighted by Gasteiger charge is -2.18. The Bertz CT molecular complexity index is 733. The van der Waals surface area contributed by atoms with Crippen LogP contribution in [0.1, 0.15) is 30.9 Å². The number of rotatable bonds is 9. The van der Waals surface area contributed by atoms with Crippen LogP contribution in [-0.2, 0) is 11.2 Å². The largest absolute Gasteiger partial charge is 0.496 e. The minimum atomic E-state index is -0.512. The first-order valence-corrected chi connectivity index (χ1v) is 9.25. The molecule has 0 aliphatic rings. The number of hydrogen-bond donors (Lipinski definition) is 1. The number of amides is 1. The van der Waals surface area contributed by atoms with E-state index in [1.807, 2.05) is 44.2 Å². The number of methoxy groups -OCH3 is 1. The van der Waals surface area contributed by atoms with Gasteiger partial charge in [0.15, 0.2) is 6.10 Å². The maximum absolute atomic E-state index is 12.4. The second-order valence-corrected chi connectivity index (χ2v) is 6.54. The van der Waals surface area contributed by atoms with Crippen LogP contribution in [0.15, 0.2) is 42.5 Å². The minimum absolute atomic E-state index is 0.0971.